The van der Waals surface area contributed by atoms with Gasteiger partial charge in [0.15, 0.2) is 11.5 Å². The number of amides is 1. The van der Waals surface area contributed by atoms with E-state index in [2.05, 4.69) is 0 Å². The van der Waals surface area contributed by atoms with Gasteiger partial charge in [-0.25, -0.2) is 0 Å². The molecule has 3 aromatic carbocycles. The molecule has 0 saturated heterocycles. The molecule has 3 rings (SSSR count). The van der Waals surface area contributed by atoms with Crippen LogP contribution in [-0.2, 0) is 4.79 Å². The van der Waals surface area contributed by atoms with Crippen LogP contribution >= 0.6 is 12.4 Å². The van der Waals surface area contributed by atoms with Crippen molar-refractivity contribution < 1.29 is 19.4 Å². The molecule has 2 unspecified atom stereocenters. The number of aliphatic hydroxyl groups excluding tert-OH is 1. The predicted octanol–water partition coefficient (Wildman–Crippen LogP) is 4.46. The first-order valence-electron chi connectivity index (χ1n) is 11.3. The normalized spacial score (nSPS) is 12.9. The van der Waals surface area contributed by atoms with Gasteiger partial charge in [-0.05, 0) is 37.1 Å². The molecule has 0 radical (unpaired) electrons. The van der Waals surface area contributed by atoms with Crippen LogP contribution in [0.1, 0.15) is 31.0 Å². The number of aliphatic hydroxyl groups is 1. The highest BCUT2D eigenvalue weighted by Crippen LogP contribution is 2.33. The van der Waals surface area contributed by atoms with Crippen LogP contribution < -0.4 is 15.2 Å². The van der Waals surface area contributed by atoms with Crippen molar-refractivity contribution in [3.05, 3.63) is 96.1 Å². The number of carbonyl (C=O) groups excluding carboxylic acids is 1. The highest BCUT2D eigenvalue weighted by molar-refractivity contribution is 5.85. The van der Waals surface area contributed by atoms with E-state index in [1.807, 2.05) is 72.8 Å². The summed E-state index contributed by atoms with van der Waals surface area (Å²) < 4.78 is 11.0. The predicted molar refractivity (Wildman–Crippen MR) is 141 cm³/mol. The van der Waals surface area contributed by atoms with Crippen LogP contribution in [0.4, 0.5) is 0 Å². The zero-order chi connectivity index (χ0) is 24.7. The second-order valence-electron chi connectivity index (χ2n) is 8.92. The lowest BCUT2D eigenvalue weighted by Gasteiger charge is -2.39. The summed E-state index contributed by atoms with van der Waals surface area (Å²) in [6.07, 6.45) is -1.07. The van der Waals surface area contributed by atoms with Gasteiger partial charge in [-0.1, -0.05) is 72.8 Å². The topological polar surface area (TPSA) is 85.0 Å². The van der Waals surface area contributed by atoms with E-state index in [0.29, 0.717) is 11.5 Å². The number of nitrogens with zero attached hydrogens (tertiary/aromatic N) is 1. The number of hydrogen-bond acceptors (Lipinski definition) is 5. The minimum atomic E-state index is -1.07. The number of ether oxygens (including phenoxy) is 2. The quantitative estimate of drug-likeness (QED) is 0.431. The highest BCUT2D eigenvalue weighted by atomic mass is 35.5. The van der Waals surface area contributed by atoms with Crippen molar-refractivity contribution in [3.8, 4) is 11.5 Å². The number of para-hydroxylation sites is 2. The van der Waals surface area contributed by atoms with Crippen LogP contribution in [-0.4, -0.2) is 48.8 Å². The monoisotopic (exact) mass is 498 g/mol. The van der Waals surface area contributed by atoms with Crippen molar-refractivity contribution in [2.45, 2.75) is 32.0 Å². The molecule has 0 aliphatic heterocycles. The van der Waals surface area contributed by atoms with Crippen LogP contribution in [0, 0.1) is 5.41 Å². The van der Waals surface area contributed by atoms with Gasteiger partial charge in [0, 0.05) is 13.1 Å². The van der Waals surface area contributed by atoms with E-state index >= 15 is 0 Å². The molecule has 0 heterocycles. The van der Waals surface area contributed by atoms with Gasteiger partial charge in [-0.15, -0.1) is 12.4 Å². The summed E-state index contributed by atoms with van der Waals surface area (Å²) in [5.41, 5.74) is 7.37. The molecule has 7 heteroatoms. The molecule has 35 heavy (non-hydrogen) atoms. The number of nitrogens with two attached hydrogens (primary N) is 1. The first kappa shape index (κ1) is 28.2. The summed E-state index contributed by atoms with van der Waals surface area (Å²) in [4.78, 5) is 15.5. The van der Waals surface area contributed by atoms with E-state index in [1.54, 1.807) is 45.0 Å². The van der Waals surface area contributed by atoms with Crippen LogP contribution in [0.3, 0.4) is 0 Å². The Morgan fingerprint density at radius 3 is 1.86 bits per heavy atom. The average Bonchev–Trinajstić information content (AvgIpc) is 2.87. The first-order chi connectivity index (χ1) is 16.3. The molecular weight excluding hydrogens is 464 g/mol. The molecule has 0 bridgehead atoms. The molecule has 6 nitrogen and oxygen atoms in total. The van der Waals surface area contributed by atoms with E-state index in [9.17, 15) is 9.90 Å². The maximum absolute atomic E-state index is 13.7. The standard InChI is InChI=1S/C28H34N2O4.ClH/c1-28(2,26(29)22(31)19-34-24-18-12-11-17-23(24)33-4)27(32)30(3)25(20-13-7-5-8-14-20)21-15-9-6-10-16-21;/h5-18,22,25-26,31H,19,29H2,1-4H3;1H. The third-order valence-electron chi connectivity index (χ3n) is 6.22. The van der Waals surface area contributed by atoms with Crippen LogP contribution in [0.25, 0.3) is 0 Å². The number of rotatable bonds is 10. The number of carbonyl (C=O) groups is 1. The molecule has 2 atom stereocenters. The Kier molecular flexibility index (Phi) is 10.1. The number of methoxy groups -OCH3 is 1. The SMILES string of the molecule is COc1ccccc1OCC(O)C(N)C(C)(C)C(=O)N(C)C(c1ccccc1)c1ccccc1.Cl. The summed E-state index contributed by atoms with van der Waals surface area (Å²) >= 11 is 0. The second-order valence-corrected chi connectivity index (χ2v) is 8.92. The number of hydrogen-bond donors (Lipinski definition) is 2. The van der Waals surface area contributed by atoms with Crippen molar-refractivity contribution >= 4 is 18.3 Å². The molecule has 3 aromatic rings. The van der Waals surface area contributed by atoms with E-state index in [-0.39, 0.29) is 31.0 Å². The zero-order valence-electron chi connectivity index (χ0n) is 20.6. The van der Waals surface area contributed by atoms with Crippen LogP contribution in [0.5, 0.6) is 11.5 Å². The maximum Gasteiger partial charge on any atom is 0.230 e. The minimum absolute atomic E-state index is 0. The van der Waals surface area contributed by atoms with Crippen molar-refractivity contribution in [3.63, 3.8) is 0 Å². The fourth-order valence-electron chi connectivity index (χ4n) is 4.12. The van der Waals surface area contributed by atoms with Crippen molar-refractivity contribution in [2.24, 2.45) is 11.1 Å². The molecule has 0 spiro atoms. The first-order valence-corrected chi connectivity index (χ1v) is 11.3. The minimum Gasteiger partial charge on any atom is -0.493 e. The van der Waals surface area contributed by atoms with Crippen LogP contribution in [0.15, 0.2) is 84.9 Å². The van der Waals surface area contributed by atoms with Gasteiger partial charge in [0.1, 0.15) is 12.7 Å². The van der Waals surface area contributed by atoms with Gasteiger partial charge in [0.05, 0.1) is 18.6 Å². The van der Waals surface area contributed by atoms with Gasteiger partial charge in [0.2, 0.25) is 5.91 Å². The largest absolute Gasteiger partial charge is 0.493 e. The maximum atomic E-state index is 13.7. The summed E-state index contributed by atoms with van der Waals surface area (Å²) in [5, 5.41) is 10.8. The average molecular weight is 499 g/mol. The summed E-state index contributed by atoms with van der Waals surface area (Å²) in [6, 6.07) is 25.8. The van der Waals surface area contributed by atoms with Crippen molar-refractivity contribution in [1.29, 1.82) is 0 Å². The van der Waals surface area contributed by atoms with E-state index < -0.39 is 17.6 Å². The van der Waals surface area contributed by atoms with Gasteiger partial charge in [0.25, 0.3) is 0 Å². The Balaban J connectivity index is 0.00000432. The van der Waals surface area contributed by atoms with Crippen molar-refractivity contribution in [1.82, 2.24) is 4.90 Å². The fourth-order valence-corrected chi connectivity index (χ4v) is 4.12. The van der Waals surface area contributed by atoms with Gasteiger partial charge >= 0.3 is 0 Å². The fraction of sp³-hybridized carbons (Fsp3) is 0.321. The smallest absolute Gasteiger partial charge is 0.230 e. The van der Waals surface area contributed by atoms with Crippen LogP contribution in [0.2, 0.25) is 0 Å². The van der Waals surface area contributed by atoms with Gasteiger partial charge in [-0.2, -0.15) is 0 Å². The molecule has 0 fully saturated rings. The molecule has 0 aliphatic carbocycles. The lowest BCUT2D eigenvalue weighted by atomic mass is 9.79. The molecule has 3 N–H and O–H groups in total. The molecule has 0 saturated carbocycles. The van der Waals surface area contributed by atoms with E-state index in [0.717, 1.165) is 11.1 Å². The lowest BCUT2D eigenvalue weighted by Crippen LogP contribution is -2.56. The molecule has 188 valence electrons. The zero-order valence-corrected chi connectivity index (χ0v) is 21.4. The summed E-state index contributed by atoms with van der Waals surface area (Å²) in [6.45, 7) is 3.45. The number of benzene rings is 3. The molecule has 0 aliphatic rings. The van der Waals surface area contributed by atoms with Gasteiger partial charge in [-0.3, -0.25) is 4.79 Å². The Morgan fingerprint density at radius 2 is 1.37 bits per heavy atom. The Bertz CT molecular complexity index is 1020. The van der Waals surface area contributed by atoms with E-state index in [1.165, 1.54) is 0 Å². The third kappa shape index (κ3) is 6.54. The summed E-state index contributed by atoms with van der Waals surface area (Å²) in [5.74, 6) is 0.895. The highest BCUT2D eigenvalue weighted by Gasteiger charge is 2.42. The van der Waals surface area contributed by atoms with Crippen molar-refractivity contribution in [2.75, 3.05) is 20.8 Å². The Morgan fingerprint density at radius 1 is 0.914 bits per heavy atom. The number of halogens is 1. The molecular formula is C28H35ClN2O4. The molecule has 1 amide bonds. The third-order valence-corrected chi connectivity index (χ3v) is 6.22. The second kappa shape index (κ2) is 12.6. The Labute approximate surface area is 214 Å². The molecule has 0 aromatic heterocycles. The van der Waals surface area contributed by atoms with Gasteiger partial charge < -0.3 is 25.2 Å². The summed E-state index contributed by atoms with van der Waals surface area (Å²) in [7, 11) is 3.33. The van der Waals surface area contributed by atoms with E-state index in [4.69, 9.17) is 15.2 Å². The lowest BCUT2D eigenvalue weighted by molar-refractivity contribution is -0.143. The Hall–Kier alpha value is -3.06.